The van der Waals surface area contributed by atoms with Crippen molar-refractivity contribution in [3.05, 3.63) is 54.1 Å². The first-order chi connectivity index (χ1) is 15.6. The van der Waals surface area contributed by atoms with E-state index in [1.807, 2.05) is 36.4 Å². The van der Waals surface area contributed by atoms with E-state index >= 15 is 0 Å². The van der Waals surface area contributed by atoms with Crippen molar-refractivity contribution in [3.8, 4) is 11.5 Å². The Hall–Kier alpha value is -3.32. The van der Waals surface area contributed by atoms with Crippen LogP contribution in [0.4, 0.5) is 11.5 Å². The zero-order valence-electron chi connectivity index (χ0n) is 18.9. The van der Waals surface area contributed by atoms with E-state index in [2.05, 4.69) is 22.5 Å². The van der Waals surface area contributed by atoms with Gasteiger partial charge in [0.15, 0.2) is 0 Å². The number of aromatic nitrogens is 1. The van der Waals surface area contributed by atoms with Crippen LogP contribution in [0.1, 0.15) is 30.1 Å². The summed E-state index contributed by atoms with van der Waals surface area (Å²) in [4.78, 5) is 20.3. The maximum Gasteiger partial charge on any atom is 0.252 e. The fourth-order valence-electron chi connectivity index (χ4n) is 4.32. The number of likely N-dealkylation sites (tertiary alicyclic amines) is 1. The van der Waals surface area contributed by atoms with Gasteiger partial charge in [0.1, 0.15) is 17.3 Å². The van der Waals surface area contributed by atoms with Gasteiger partial charge in [-0.3, -0.25) is 9.69 Å². The predicted octanol–water partition coefficient (Wildman–Crippen LogP) is 4.21. The summed E-state index contributed by atoms with van der Waals surface area (Å²) in [6.07, 6.45) is 2.31. The van der Waals surface area contributed by atoms with Crippen LogP contribution in [0.15, 0.2) is 48.5 Å². The lowest BCUT2D eigenvalue weighted by molar-refractivity contribution is 0.0943. The zero-order valence-corrected chi connectivity index (χ0v) is 18.9. The molecule has 1 fully saturated rings. The number of methoxy groups -OCH3 is 2. The van der Waals surface area contributed by atoms with Gasteiger partial charge in [-0.2, -0.15) is 0 Å². The minimum atomic E-state index is -0.0868. The Morgan fingerprint density at radius 1 is 1.16 bits per heavy atom. The summed E-state index contributed by atoms with van der Waals surface area (Å²) in [5.41, 5.74) is 2.10. The van der Waals surface area contributed by atoms with E-state index in [4.69, 9.17) is 14.5 Å². The molecule has 7 heteroatoms. The average Bonchev–Trinajstić information content (AvgIpc) is 3.30. The van der Waals surface area contributed by atoms with Gasteiger partial charge >= 0.3 is 0 Å². The van der Waals surface area contributed by atoms with Crippen LogP contribution in [-0.4, -0.2) is 55.7 Å². The number of ether oxygens (including phenoxy) is 2. The highest BCUT2D eigenvalue weighted by Gasteiger charge is 2.24. The number of pyridine rings is 1. The van der Waals surface area contributed by atoms with E-state index in [0.717, 1.165) is 36.1 Å². The molecule has 2 aromatic carbocycles. The third kappa shape index (κ3) is 4.62. The zero-order chi connectivity index (χ0) is 22.5. The van der Waals surface area contributed by atoms with Crippen molar-refractivity contribution in [1.29, 1.82) is 0 Å². The van der Waals surface area contributed by atoms with Gasteiger partial charge in [-0.05, 0) is 50.2 Å². The Kier molecular flexibility index (Phi) is 6.75. The number of para-hydroxylation sites is 1. The van der Waals surface area contributed by atoms with Crippen LogP contribution >= 0.6 is 0 Å². The number of benzene rings is 2. The number of carbonyl (C=O) groups excluding carboxylic acids is 1. The molecule has 0 spiro atoms. The van der Waals surface area contributed by atoms with E-state index in [0.29, 0.717) is 35.5 Å². The number of hydrogen-bond acceptors (Lipinski definition) is 6. The fourth-order valence-corrected chi connectivity index (χ4v) is 4.32. The lowest BCUT2D eigenvalue weighted by atomic mass is 10.1. The second kappa shape index (κ2) is 9.87. The molecule has 1 saturated heterocycles. The quantitative estimate of drug-likeness (QED) is 0.553. The molecule has 7 nitrogen and oxygen atoms in total. The Bertz CT molecular complexity index is 1100. The van der Waals surface area contributed by atoms with Gasteiger partial charge in [-0.25, -0.2) is 4.98 Å². The van der Waals surface area contributed by atoms with Crippen molar-refractivity contribution < 1.29 is 14.3 Å². The van der Waals surface area contributed by atoms with Crippen LogP contribution in [-0.2, 0) is 0 Å². The largest absolute Gasteiger partial charge is 0.497 e. The number of likely N-dealkylation sites (N-methyl/N-ethyl adjacent to an activating group) is 1. The average molecular weight is 435 g/mol. The van der Waals surface area contributed by atoms with Gasteiger partial charge in [0.05, 0.1) is 31.0 Å². The van der Waals surface area contributed by atoms with Gasteiger partial charge in [-0.1, -0.05) is 25.1 Å². The van der Waals surface area contributed by atoms with Crippen molar-refractivity contribution in [2.75, 3.05) is 39.2 Å². The second-order valence-electron chi connectivity index (χ2n) is 7.90. The molecule has 1 atom stereocenters. The molecule has 1 unspecified atom stereocenters. The van der Waals surface area contributed by atoms with E-state index < -0.39 is 0 Å². The molecule has 1 amide bonds. The number of amides is 1. The highest BCUT2D eigenvalue weighted by atomic mass is 16.5. The molecule has 32 heavy (non-hydrogen) atoms. The Balaban J connectivity index is 1.61. The number of nitrogens with one attached hydrogen (secondary N) is 2. The number of carbonyl (C=O) groups is 1. The van der Waals surface area contributed by atoms with E-state index in [-0.39, 0.29) is 5.91 Å². The first kappa shape index (κ1) is 21.9. The summed E-state index contributed by atoms with van der Waals surface area (Å²) in [6, 6.07) is 15.4. The maximum absolute atomic E-state index is 13.2. The van der Waals surface area contributed by atoms with Crippen LogP contribution in [0, 0.1) is 0 Å². The molecule has 1 aliphatic heterocycles. The molecule has 1 aromatic heterocycles. The van der Waals surface area contributed by atoms with Gasteiger partial charge in [0.2, 0.25) is 0 Å². The molecule has 3 aromatic rings. The predicted molar refractivity (Wildman–Crippen MR) is 127 cm³/mol. The van der Waals surface area contributed by atoms with Gasteiger partial charge < -0.3 is 20.1 Å². The minimum absolute atomic E-state index is 0.0868. The highest BCUT2D eigenvalue weighted by Crippen LogP contribution is 2.32. The fraction of sp³-hybridized carbons (Fsp3) is 0.360. The summed E-state index contributed by atoms with van der Waals surface area (Å²) in [7, 11) is 3.22. The van der Waals surface area contributed by atoms with Crippen molar-refractivity contribution in [2.24, 2.45) is 0 Å². The topological polar surface area (TPSA) is 75.7 Å². The van der Waals surface area contributed by atoms with Crippen LogP contribution in [0.3, 0.4) is 0 Å². The molecular formula is C25H30N4O3. The summed E-state index contributed by atoms with van der Waals surface area (Å²) in [5.74, 6) is 1.82. The second-order valence-corrected chi connectivity index (χ2v) is 7.90. The molecule has 4 rings (SSSR count). The van der Waals surface area contributed by atoms with Crippen LogP contribution in [0.2, 0.25) is 0 Å². The first-order valence-electron chi connectivity index (χ1n) is 11.0. The number of anilines is 2. The van der Waals surface area contributed by atoms with Crippen LogP contribution in [0.5, 0.6) is 11.5 Å². The molecule has 168 valence electrons. The van der Waals surface area contributed by atoms with Crippen LogP contribution < -0.4 is 20.1 Å². The van der Waals surface area contributed by atoms with E-state index in [1.54, 1.807) is 26.4 Å². The molecular weight excluding hydrogens is 404 g/mol. The van der Waals surface area contributed by atoms with Crippen LogP contribution in [0.25, 0.3) is 10.9 Å². The molecule has 2 N–H and O–H groups in total. The lowest BCUT2D eigenvalue weighted by Gasteiger charge is -2.23. The molecule has 0 radical (unpaired) electrons. The summed E-state index contributed by atoms with van der Waals surface area (Å²) in [5, 5.41) is 7.27. The third-order valence-corrected chi connectivity index (χ3v) is 6.04. The first-order valence-corrected chi connectivity index (χ1v) is 11.0. The normalized spacial score (nSPS) is 16.2. The minimum Gasteiger partial charge on any atom is -0.497 e. The number of rotatable bonds is 8. The van der Waals surface area contributed by atoms with Crippen molar-refractivity contribution in [2.45, 2.75) is 25.8 Å². The smallest absolute Gasteiger partial charge is 0.252 e. The van der Waals surface area contributed by atoms with E-state index in [1.165, 1.54) is 6.42 Å². The van der Waals surface area contributed by atoms with Crippen molar-refractivity contribution in [3.63, 3.8) is 0 Å². The molecule has 0 aliphatic carbocycles. The number of fused-ring (bicyclic) bond motifs is 1. The molecule has 0 bridgehead atoms. The van der Waals surface area contributed by atoms with Gasteiger partial charge in [0, 0.05) is 24.0 Å². The Morgan fingerprint density at radius 2 is 2.00 bits per heavy atom. The maximum atomic E-state index is 13.2. The van der Waals surface area contributed by atoms with Gasteiger partial charge in [0.25, 0.3) is 5.91 Å². The Labute approximate surface area is 188 Å². The van der Waals surface area contributed by atoms with Crippen molar-refractivity contribution >= 4 is 28.3 Å². The lowest BCUT2D eigenvalue weighted by Crippen LogP contribution is -2.40. The monoisotopic (exact) mass is 434 g/mol. The molecule has 0 saturated carbocycles. The SMILES string of the molecule is CCN1CCCC1CNC(=O)c1cc(Nc2ccc(OC)cc2OC)nc2ccccc12. The third-order valence-electron chi connectivity index (χ3n) is 6.04. The van der Waals surface area contributed by atoms with Crippen molar-refractivity contribution in [1.82, 2.24) is 15.2 Å². The number of hydrogen-bond donors (Lipinski definition) is 2. The highest BCUT2D eigenvalue weighted by molar-refractivity contribution is 6.07. The Morgan fingerprint density at radius 3 is 2.78 bits per heavy atom. The molecule has 1 aliphatic rings. The standard InChI is InChI=1S/C25H30N4O3/c1-4-29-13-7-8-17(29)16-26-25(30)20-15-24(27-21-10-6-5-9-19(20)21)28-22-12-11-18(31-2)14-23(22)32-3/h5-6,9-12,14-15,17H,4,7-8,13,16H2,1-3H3,(H,26,30)(H,27,28). The molecule has 2 heterocycles. The summed E-state index contributed by atoms with van der Waals surface area (Å²) < 4.78 is 10.8. The van der Waals surface area contributed by atoms with Gasteiger partial charge in [-0.15, -0.1) is 0 Å². The number of nitrogens with zero attached hydrogens (tertiary/aromatic N) is 2. The summed E-state index contributed by atoms with van der Waals surface area (Å²) >= 11 is 0. The van der Waals surface area contributed by atoms with E-state index in [9.17, 15) is 4.79 Å². The summed E-state index contributed by atoms with van der Waals surface area (Å²) in [6.45, 7) is 4.93.